The number of pyridine rings is 1. The van der Waals surface area contributed by atoms with Crippen molar-refractivity contribution in [3.05, 3.63) is 74.9 Å². The van der Waals surface area contributed by atoms with Crippen LogP contribution in [0.1, 0.15) is 21.5 Å². The van der Waals surface area contributed by atoms with Gasteiger partial charge in [-0.2, -0.15) is 0 Å². The van der Waals surface area contributed by atoms with Crippen LogP contribution in [0.5, 0.6) is 0 Å². The number of hydrogen-bond acceptors (Lipinski definition) is 5. The van der Waals surface area contributed by atoms with E-state index in [0.717, 1.165) is 21.7 Å². The maximum absolute atomic E-state index is 12.9. The molecule has 2 aromatic heterocycles. The number of hydrogen-bond donors (Lipinski definition) is 2. The van der Waals surface area contributed by atoms with Gasteiger partial charge in [-0.1, -0.05) is 24.3 Å². The summed E-state index contributed by atoms with van der Waals surface area (Å²) in [4.78, 5) is 45.4. The lowest BCUT2D eigenvalue weighted by atomic mass is 10.1. The first kappa shape index (κ1) is 22.0. The monoisotopic (exact) mass is 450 g/mol. The third-order valence-electron chi connectivity index (χ3n) is 5.70. The highest BCUT2D eigenvalue weighted by Gasteiger charge is 2.25. The molecule has 0 radical (unpaired) electrons. The Balaban J connectivity index is 1.33. The van der Waals surface area contributed by atoms with Gasteiger partial charge in [0.25, 0.3) is 11.5 Å². The molecular weight excluding hydrogens is 424 g/mol. The minimum Gasteiger partial charge on any atom is -0.336 e. The Hall–Kier alpha value is -3.23. The number of aromatic amines is 1. The van der Waals surface area contributed by atoms with Crippen LogP contribution in [0.15, 0.2) is 52.6 Å². The fraction of sp³-hybridized carbons (Fsp3) is 0.292. The predicted octanol–water partition coefficient (Wildman–Crippen LogP) is 3.12. The second-order valence-corrected chi connectivity index (χ2v) is 8.92. The summed E-state index contributed by atoms with van der Waals surface area (Å²) in [5.74, 6) is -0.341. The van der Waals surface area contributed by atoms with E-state index in [1.54, 1.807) is 17.0 Å². The Bertz CT molecular complexity index is 1160. The molecule has 1 aliphatic heterocycles. The lowest BCUT2D eigenvalue weighted by Crippen LogP contribution is -2.51. The van der Waals surface area contributed by atoms with Gasteiger partial charge >= 0.3 is 0 Å². The molecule has 32 heavy (non-hydrogen) atoms. The quantitative estimate of drug-likeness (QED) is 0.626. The second kappa shape index (κ2) is 9.50. The molecule has 1 aliphatic rings. The zero-order chi connectivity index (χ0) is 22.7. The molecular formula is C24H26N4O3S. The van der Waals surface area contributed by atoms with Crippen LogP contribution in [0.4, 0.5) is 5.69 Å². The van der Waals surface area contributed by atoms with Crippen LogP contribution >= 0.6 is 11.3 Å². The van der Waals surface area contributed by atoms with Crippen molar-refractivity contribution in [1.82, 2.24) is 14.8 Å². The maximum atomic E-state index is 12.9. The Morgan fingerprint density at radius 3 is 2.34 bits per heavy atom. The number of rotatable bonds is 5. The molecule has 166 valence electrons. The molecule has 3 heterocycles. The van der Waals surface area contributed by atoms with Gasteiger partial charge in [-0.25, -0.2) is 0 Å². The van der Waals surface area contributed by atoms with Crippen LogP contribution in [0.25, 0.3) is 10.6 Å². The number of anilines is 1. The van der Waals surface area contributed by atoms with Gasteiger partial charge in [-0.3, -0.25) is 19.3 Å². The Labute approximate surface area is 190 Å². The molecule has 0 bridgehead atoms. The average molecular weight is 451 g/mol. The number of nitrogens with one attached hydrogen (secondary N) is 2. The van der Waals surface area contributed by atoms with Crippen LogP contribution in [0.2, 0.25) is 0 Å². The van der Waals surface area contributed by atoms with Crippen molar-refractivity contribution in [2.45, 2.75) is 13.8 Å². The van der Waals surface area contributed by atoms with Gasteiger partial charge in [0.2, 0.25) is 5.91 Å². The number of carbonyl (C=O) groups excluding carboxylic acids is 2. The van der Waals surface area contributed by atoms with Crippen molar-refractivity contribution < 1.29 is 9.59 Å². The molecule has 1 fully saturated rings. The van der Waals surface area contributed by atoms with Crippen molar-refractivity contribution >= 4 is 28.8 Å². The van der Waals surface area contributed by atoms with E-state index in [0.29, 0.717) is 31.9 Å². The lowest BCUT2D eigenvalue weighted by Gasteiger charge is -2.34. The summed E-state index contributed by atoms with van der Waals surface area (Å²) in [5.41, 5.74) is 3.40. The van der Waals surface area contributed by atoms with Crippen LogP contribution in [-0.4, -0.2) is 59.3 Å². The van der Waals surface area contributed by atoms with Gasteiger partial charge < -0.3 is 15.2 Å². The van der Waals surface area contributed by atoms with Crippen molar-refractivity contribution in [2.75, 3.05) is 38.0 Å². The number of nitrogens with zero attached hydrogens (tertiary/aromatic N) is 2. The van der Waals surface area contributed by atoms with E-state index in [9.17, 15) is 14.4 Å². The first-order chi connectivity index (χ1) is 15.4. The number of aryl methyl sites for hydroxylation is 2. The van der Waals surface area contributed by atoms with E-state index < -0.39 is 0 Å². The third kappa shape index (κ3) is 4.81. The molecule has 0 unspecified atom stereocenters. The van der Waals surface area contributed by atoms with E-state index in [1.165, 1.54) is 11.3 Å². The molecule has 3 aromatic rings. The fourth-order valence-corrected chi connectivity index (χ4v) is 4.60. The molecule has 1 saturated heterocycles. The molecule has 4 rings (SSSR count). The van der Waals surface area contributed by atoms with Gasteiger partial charge in [0.15, 0.2) is 0 Å². The van der Waals surface area contributed by atoms with E-state index in [2.05, 4.69) is 10.3 Å². The first-order valence-corrected chi connectivity index (χ1v) is 11.5. The van der Waals surface area contributed by atoms with Gasteiger partial charge in [-0.15, -0.1) is 11.3 Å². The minimum absolute atomic E-state index is 0.0669. The Morgan fingerprint density at radius 2 is 1.72 bits per heavy atom. The van der Waals surface area contributed by atoms with Gasteiger partial charge in [0, 0.05) is 31.9 Å². The van der Waals surface area contributed by atoms with Gasteiger partial charge in [0.05, 0.1) is 17.1 Å². The molecule has 7 nitrogen and oxygen atoms in total. The number of para-hydroxylation sites is 1. The third-order valence-corrected chi connectivity index (χ3v) is 6.60. The highest BCUT2D eigenvalue weighted by atomic mass is 32.1. The van der Waals surface area contributed by atoms with Gasteiger partial charge in [-0.05, 0) is 48.6 Å². The zero-order valence-electron chi connectivity index (χ0n) is 18.2. The van der Waals surface area contributed by atoms with Crippen molar-refractivity contribution in [2.24, 2.45) is 0 Å². The summed E-state index contributed by atoms with van der Waals surface area (Å²) in [6.45, 7) is 6.33. The Kier molecular flexibility index (Phi) is 6.53. The number of carbonyl (C=O) groups is 2. The largest absolute Gasteiger partial charge is 0.336 e. The minimum atomic E-state index is -0.378. The molecule has 0 atom stereocenters. The van der Waals surface area contributed by atoms with E-state index in [4.69, 9.17) is 0 Å². The SMILES string of the molecule is Cc1cccc(C)c1NC(=O)CN1CCN(C(=O)c2ccc(-c3cccs3)[nH]c2=O)CC1. The zero-order valence-corrected chi connectivity index (χ0v) is 19.0. The molecule has 0 saturated carbocycles. The molecule has 1 aromatic carbocycles. The summed E-state index contributed by atoms with van der Waals surface area (Å²) >= 11 is 1.53. The average Bonchev–Trinajstić information content (AvgIpc) is 3.31. The standard InChI is InChI=1S/C24H26N4O3S/c1-16-5-3-6-17(2)22(16)26-21(29)15-27-10-12-28(13-11-27)24(31)18-8-9-19(25-23(18)30)20-7-4-14-32-20/h3-9,14H,10-13,15H2,1-2H3,(H,25,30)(H,26,29). The fourth-order valence-electron chi connectivity index (χ4n) is 3.89. The molecule has 8 heteroatoms. The van der Waals surface area contributed by atoms with Crippen LogP contribution in [0, 0.1) is 13.8 Å². The first-order valence-electron chi connectivity index (χ1n) is 10.6. The summed E-state index contributed by atoms with van der Waals surface area (Å²) in [5, 5.41) is 4.94. The molecule has 2 amide bonds. The number of thiophene rings is 1. The van der Waals surface area contributed by atoms with Gasteiger partial charge in [0.1, 0.15) is 5.56 Å². The van der Waals surface area contributed by atoms with Crippen LogP contribution in [-0.2, 0) is 4.79 Å². The van der Waals surface area contributed by atoms with E-state index in [-0.39, 0.29) is 29.5 Å². The van der Waals surface area contributed by atoms with E-state index in [1.807, 2.05) is 54.5 Å². The smallest absolute Gasteiger partial charge is 0.261 e. The highest BCUT2D eigenvalue weighted by molar-refractivity contribution is 7.13. The maximum Gasteiger partial charge on any atom is 0.261 e. The normalized spacial score (nSPS) is 14.4. The summed E-state index contributed by atoms with van der Waals surface area (Å²) in [7, 11) is 0. The van der Waals surface area contributed by atoms with E-state index >= 15 is 0 Å². The number of amides is 2. The summed E-state index contributed by atoms with van der Waals surface area (Å²) in [6.07, 6.45) is 0. The number of H-pyrrole nitrogens is 1. The number of piperazine rings is 1. The highest BCUT2D eigenvalue weighted by Crippen LogP contribution is 2.22. The van der Waals surface area contributed by atoms with Crippen molar-refractivity contribution in [3.8, 4) is 10.6 Å². The van der Waals surface area contributed by atoms with Crippen molar-refractivity contribution in [3.63, 3.8) is 0 Å². The van der Waals surface area contributed by atoms with Crippen LogP contribution in [0.3, 0.4) is 0 Å². The lowest BCUT2D eigenvalue weighted by molar-refractivity contribution is -0.117. The predicted molar refractivity (Wildman–Crippen MR) is 127 cm³/mol. The Morgan fingerprint density at radius 1 is 1.00 bits per heavy atom. The summed E-state index contributed by atoms with van der Waals surface area (Å²) < 4.78 is 0. The molecule has 0 aliphatic carbocycles. The van der Waals surface area contributed by atoms with Crippen molar-refractivity contribution in [1.29, 1.82) is 0 Å². The molecule has 0 spiro atoms. The molecule has 2 N–H and O–H groups in total. The van der Waals surface area contributed by atoms with Crippen LogP contribution < -0.4 is 10.9 Å². The topological polar surface area (TPSA) is 85.5 Å². The number of aromatic nitrogens is 1. The number of benzene rings is 1. The summed E-state index contributed by atoms with van der Waals surface area (Å²) in [6, 6.07) is 13.1. The second-order valence-electron chi connectivity index (χ2n) is 7.98.